The molecule has 0 aliphatic heterocycles. The molecule has 0 aliphatic rings. The van der Waals surface area contributed by atoms with E-state index in [0.717, 1.165) is 12.2 Å². The van der Waals surface area contributed by atoms with Gasteiger partial charge in [0.05, 0.1) is 49.3 Å². The SMILES string of the molecule is CN(CCOCCOCCO)c1ccc(N=Nc2ccc([N+](=O)[O-])cc2)cc1. The molecule has 28 heavy (non-hydrogen) atoms. The van der Waals surface area contributed by atoms with Gasteiger partial charge in [-0.25, -0.2) is 0 Å². The molecule has 0 bridgehead atoms. The molecule has 0 aromatic heterocycles. The number of non-ortho nitro benzene ring substituents is 1. The first-order chi connectivity index (χ1) is 13.6. The molecule has 1 N–H and O–H groups in total. The largest absolute Gasteiger partial charge is 0.394 e. The highest BCUT2D eigenvalue weighted by Gasteiger charge is 2.04. The summed E-state index contributed by atoms with van der Waals surface area (Å²) < 4.78 is 10.6. The smallest absolute Gasteiger partial charge is 0.269 e. The quantitative estimate of drug-likeness (QED) is 0.258. The Morgan fingerprint density at radius 1 is 0.929 bits per heavy atom. The Hall–Kier alpha value is -2.88. The third kappa shape index (κ3) is 7.39. The van der Waals surface area contributed by atoms with E-state index in [4.69, 9.17) is 14.6 Å². The lowest BCUT2D eigenvalue weighted by molar-refractivity contribution is -0.384. The third-order valence-corrected chi connectivity index (χ3v) is 3.81. The Balaban J connectivity index is 1.78. The first-order valence-corrected chi connectivity index (χ1v) is 8.84. The van der Waals surface area contributed by atoms with E-state index in [1.165, 1.54) is 12.1 Å². The third-order valence-electron chi connectivity index (χ3n) is 3.81. The van der Waals surface area contributed by atoms with E-state index >= 15 is 0 Å². The van der Waals surface area contributed by atoms with Crippen LogP contribution in [-0.2, 0) is 9.47 Å². The zero-order valence-electron chi connectivity index (χ0n) is 15.7. The van der Waals surface area contributed by atoms with Gasteiger partial charge in [0.2, 0.25) is 0 Å². The second kappa shape index (κ2) is 11.8. The van der Waals surface area contributed by atoms with Gasteiger partial charge in [-0.15, -0.1) is 0 Å². The summed E-state index contributed by atoms with van der Waals surface area (Å²) in [4.78, 5) is 12.2. The monoisotopic (exact) mass is 388 g/mol. The molecule has 9 heteroatoms. The zero-order chi connectivity index (χ0) is 20.2. The minimum atomic E-state index is -0.452. The number of rotatable bonds is 12. The molecule has 0 amide bonds. The first-order valence-electron chi connectivity index (χ1n) is 8.84. The molecule has 150 valence electrons. The normalized spacial score (nSPS) is 11.1. The number of anilines is 1. The molecule has 0 atom stereocenters. The van der Waals surface area contributed by atoms with E-state index in [9.17, 15) is 10.1 Å². The Labute approximate surface area is 163 Å². The molecule has 0 fully saturated rings. The number of ether oxygens (including phenoxy) is 2. The van der Waals surface area contributed by atoms with Crippen LogP contribution < -0.4 is 4.90 Å². The lowest BCUT2D eigenvalue weighted by Gasteiger charge is -2.19. The number of nitro benzene ring substituents is 1. The van der Waals surface area contributed by atoms with Crippen molar-refractivity contribution in [1.82, 2.24) is 0 Å². The van der Waals surface area contributed by atoms with Gasteiger partial charge < -0.3 is 19.5 Å². The van der Waals surface area contributed by atoms with Crippen LogP contribution in [0, 0.1) is 10.1 Å². The van der Waals surface area contributed by atoms with Gasteiger partial charge in [0.1, 0.15) is 0 Å². The van der Waals surface area contributed by atoms with Crippen molar-refractivity contribution < 1.29 is 19.5 Å². The molecular formula is C19H24N4O5. The summed E-state index contributed by atoms with van der Waals surface area (Å²) in [5.41, 5.74) is 2.28. The van der Waals surface area contributed by atoms with Crippen molar-refractivity contribution in [2.24, 2.45) is 10.2 Å². The topological polar surface area (TPSA) is 110 Å². The first kappa shape index (κ1) is 21.4. The molecular weight excluding hydrogens is 364 g/mol. The summed E-state index contributed by atoms with van der Waals surface area (Å²) in [5, 5.41) is 27.5. The minimum Gasteiger partial charge on any atom is -0.394 e. The number of nitro groups is 1. The minimum absolute atomic E-state index is 0.0200. The van der Waals surface area contributed by atoms with Gasteiger partial charge in [-0.05, 0) is 36.4 Å². The average molecular weight is 388 g/mol. The zero-order valence-corrected chi connectivity index (χ0v) is 15.7. The number of azo groups is 1. The maximum absolute atomic E-state index is 10.6. The van der Waals surface area contributed by atoms with Crippen LogP contribution in [0.2, 0.25) is 0 Å². The number of likely N-dealkylation sites (N-methyl/N-ethyl adjacent to an activating group) is 1. The molecule has 0 heterocycles. The molecule has 0 saturated carbocycles. The summed E-state index contributed by atoms with van der Waals surface area (Å²) in [7, 11) is 1.97. The lowest BCUT2D eigenvalue weighted by atomic mass is 10.2. The van der Waals surface area contributed by atoms with E-state index < -0.39 is 4.92 Å². The number of hydrogen-bond donors (Lipinski definition) is 1. The van der Waals surface area contributed by atoms with Crippen LogP contribution in [0.15, 0.2) is 58.8 Å². The van der Waals surface area contributed by atoms with Crippen LogP contribution in [0.4, 0.5) is 22.7 Å². The van der Waals surface area contributed by atoms with Crippen molar-refractivity contribution in [3.05, 3.63) is 58.6 Å². The van der Waals surface area contributed by atoms with Crippen LogP contribution in [0.25, 0.3) is 0 Å². The molecule has 0 aliphatic carbocycles. The van der Waals surface area contributed by atoms with E-state index in [0.29, 0.717) is 37.8 Å². The highest BCUT2D eigenvalue weighted by molar-refractivity contribution is 5.52. The lowest BCUT2D eigenvalue weighted by Crippen LogP contribution is -2.23. The maximum Gasteiger partial charge on any atom is 0.269 e. The van der Waals surface area contributed by atoms with E-state index in [2.05, 4.69) is 15.1 Å². The number of aliphatic hydroxyl groups is 1. The van der Waals surface area contributed by atoms with Gasteiger partial charge >= 0.3 is 0 Å². The predicted octanol–water partition coefficient (Wildman–Crippen LogP) is 3.47. The van der Waals surface area contributed by atoms with Gasteiger partial charge in [0.25, 0.3) is 5.69 Å². The van der Waals surface area contributed by atoms with Gasteiger partial charge in [0, 0.05) is 31.4 Å². The second-order valence-electron chi connectivity index (χ2n) is 5.86. The van der Waals surface area contributed by atoms with Crippen LogP contribution in [0.5, 0.6) is 0 Å². The molecule has 0 unspecified atom stereocenters. The highest BCUT2D eigenvalue weighted by Crippen LogP contribution is 2.23. The maximum atomic E-state index is 10.6. The summed E-state index contributed by atoms with van der Waals surface area (Å²) >= 11 is 0. The van der Waals surface area contributed by atoms with Crippen LogP contribution >= 0.6 is 0 Å². The molecule has 9 nitrogen and oxygen atoms in total. The fourth-order valence-corrected chi connectivity index (χ4v) is 2.25. The highest BCUT2D eigenvalue weighted by atomic mass is 16.6. The number of nitrogens with zero attached hydrogens (tertiary/aromatic N) is 4. The fraction of sp³-hybridized carbons (Fsp3) is 0.368. The predicted molar refractivity (Wildman–Crippen MR) is 106 cm³/mol. The van der Waals surface area contributed by atoms with Gasteiger partial charge in [-0.1, -0.05) is 0 Å². The Morgan fingerprint density at radius 2 is 1.46 bits per heavy atom. The second-order valence-corrected chi connectivity index (χ2v) is 5.86. The number of aliphatic hydroxyl groups excluding tert-OH is 1. The Bertz CT molecular complexity index is 750. The molecule has 2 rings (SSSR count). The van der Waals surface area contributed by atoms with E-state index in [-0.39, 0.29) is 12.3 Å². The van der Waals surface area contributed by atoms with Gasteiger partial charge in [-0.3, -0.25) is 10.1 Å². The van der Waals surface area contributed by atoms with Gasteiger partial charge in [0.15, 0.2) is 0 Å². The Kier molecular flexibility index (Phi) is 8.99. The Morgan fingerprint density at radius 3 is 2.00 bits per heavy atom. The van der Waals surface area contributed by atoms with Crippen molar-refractivity contribution in [3.63, 3.8) is 0 Å². The molecule has 0 saturated heterocycles. The summed E-state index contributed by atoms with van der Waals surface area (Å²) in [6, 6.07) is 13.5. The van der Waals surface area contributed by atoms with Crippen molar-refractivity contribution in [2.75, 3.05) is 51.5 Å². The van der Waals surface area contributed by atoms with Crippen LogP contribution in [-0.4, -0.2) is 56.7 Å². The van der Waals surface area contributed by atoms with Crippen LogP contribution in [0.1, 0.15) is 0 Å². The average Bonchev–Trinajstić information content (AvgIpc) is 2.72. The standard InChI is InChI=1S/C19H24N4O5/c1-22(10-12-27-14-15-28-13-11-24)18-6-2-16(3-7-18)20-21-17-4-8-19(9-5-17)23(25)26/h2-9,24H,10-15H2,1H3. The molecule has 2 aromatic carbocycles. The number of hydrogen-bond acceptors (Lipinski definition) is 8. The summed E-state index contributed by atoms with van der Waals surface area (Å²) in [6.07, 6.45) is 0. The fourth-order valence-electron chi connectivity index (χ4n) is 2.25. The van der Waals surface area contributed by atoms with Crippen molar-refractivity contribution in [3.8, 4) is 0 Å². The van der Waals surface area contributed by atoms with Crippen molar-refractivity contribution >= 4 is 22.7 Å². The van der Waals surface area contributed by atoms with Gasteiger partial charge in [-0.2, -0.15) is 10.2 Å². The summed E-state index contributed by atoms with van der Waals surface area (Å²) in [6.45, 7) is 2.61. The van der Waals surface area contributed by atoms with E-state index in [1.54, 1.807) is 12.1 Å². The van der Waals surface area contributed by atoms with E-state index in [1.807, 2.05) is 31.3 Å². The molecule has 0 radical (unpaired) electrons. The van der Waals surface area contributed by atoms with Crippen molar-refractivity contribution in [2.45, 2.75) is 0 Å². The van der Waals surface area contributed by atoms with Crippen molar-refractivity contribution in [1.29, 1.82) is 0 Å². The molecule has 0 spiro atoms. The summed E-state index contributed by atoms with van der Waals surface area (Å²) in [5.74, 6) is 0. The van der Waals surface area contributed by atoms with Crippen LogP contribution in [0.3, 0.4) is 0 Å². The molecule has 2 aromatic rings. The number of benzene rings is 2.